The average Bonchev–Trinajstić information content (AvgIpc) is 3.45. The molecule has 0 radical (unpaired) electrons. The van der Waals surface area contributed by atoms with Crippen molar-refractivity contribution in [2.24, 2.45) is 5.73 Å². The molecule has 2 aromatic heterocycles. The summed E-state index contributed by atoms with van der Waals surface area (Å²) < 4.78 is 7.57. The molecule has 4 N–H and O–H groups in total. The number of nitrogens with one attached hydrogen (secondary N) is 2. The van der Waals surface area contributed by atoms with Crippen LogP contribution in [0.3, 0.4) is 0 Å². The van der Waals surface area contributed by atoms with Crippen LogP contribution in [0, 0.1) is 5.41 Å². The Morgan fingerprint density at radius 2 is 1.88 bits per heavy atom. The van der Waals surface area contributed by atoms with Gasteiger partial charge in [-0.15, -0.1) is 5.10 Å². The van der Waals surface area contributed by atoms with Gasteiger partial charge in [-0.1, -0.05) is 23.4 Å². The normalized spacial score (nSPS) is 11.0. The minimum absolute atomic E-state index is 0.0308. The number of aromatic nitrogens is 5. The van der Waals surface area contributed by atoms with Gasteiger partial charge in [-0.05, 0) is 54.6 Å². The second-order valence-corrected chi connectivity index (χ2v) is 8.09. The first-order chi connectivity index (χ1) is 15.6. The highest BCUT2D eigenvalue weighted by Gasteiger charge is 2.08. The lowest BCUT2D eigenvalue weighted by atomic mass is 10.2. The molecular formula is C23H19N7OS. The third-order valence-electron chi connectivity index (χ3n) is 4.77. The minimum atomic E-state index is 0.0308. The van der Waals surface area contributed by atoms with E-state index in [0.29, 0.717) is 12.2 Å². The predicted octanol–water partition coefficient (Wildman–Crippen LogP) is 4.24. The van der Waals surface area contributed by atoms with E-state index in [1.54, 1.807) is 10.2 Å². The van der Waals surface area contributed by atoms with E-state index in [2.05, 4.69) is 20.3 Å². The molecule has 0 unspecified atom stereocenters. The highest BCUT2D eigenvalue weighted by atomic mass is 32.2. The van der Waals surface area contributed by atoms with Gasteiger partial charge in [0.2, 0.25) is 0 Å². The number of nitrogens with two attached hydrogens (primary N) is 1. The second kappa shape index (κ2) is 8.56. The number of aromatic amines is 1. The van der Waals surface area contributed by atoms with Crippen molar-refractivity contribution in [1.82, 2.24) is 24.4 Å². The van der Waals surface area contributed by atoms with Crippen molar-refractivity contribution in [3.05, 3.63) is 90.3 Å². The molecule has 5 rings (SSSR count). The van der Waals surface area contributed by atoms with E-state index in [9.17, 15) is 0 Å². The van der Waals surface area contributed by atoms with Gasteiger partial charge in [0, 0.05) is 28.0 Å². The molecule has 0 aliphatic heterocycles. The number of imidazole rings is 1. The topological polar surface area (TPSA) is 118 Å². The molecule has 0 aliphatic carbocycles. The molecule has 9 heteroatoms. The van der Waals surface area contributed by atoms with Crippen molar-refractivity contribution in [3.63, 3.8) is 0 Å². The van der Waals surface area contributed by atoms with Crippen LogP contribution in [0.25, 0.3) is 22.4 Å². The molecule has 2 heterocycles. The number of nitrogen functional groups attached to an aromatic ring is 1. The maximum atomic E-state index is 7.58. The number of hydrogen-bond donors (Lipinski definition) is 3. The molecule has 0 amide bonds. The molecule has 0 fully saturated rings. The SMILES string of the molecule is N=C(N)c1ccc2nc(-c3ccc(OCc4cn(Sc5ccccc5)nn4)cc3)[nH]c2c1. The van der Waals surface area contributed by atoms with E-state index in [0.717, 1.165) is 38.8 Å². The lowest BCUT2D eigenvalue weighted by Crippen LogP contribution is -2.10. The maximum Gasteiger partial charge on any atom is 0.138 e. The number of ether oxygens (including phenoxy) is 1. The molecule has 0 spiro atoms. The smallest absolute Gasteiger partial charge is 0.138 e. The van der Waals surface area contributed by atoms with Gasteiger partial charge in [0.15, 0.2) is 0 Å². The molecule has 8 nitrogen and oxygen atoms in total. The molecule has 5 aromatic rings. The van der Waals surface area contributed by atoms with E-state index >= 15 is 0 Å². The fourth-order valence-corrected chi connectivity index (χ4v) is 3.90. The van der Waals surface area contributed by atoms with Gasteiger partial charge in [-0.3, -0.25) is 5.41 Å². The third kappa shape index (κ3) is 4.33. The number of H-pyrrole nitrogens is 1. The van der Waals surface area contributed by atoms with Gasteiger partial charge < -0.3 is 15.5 Å². The first kappa shape index (κ1) is 19.8. The first-order valence-corrected chi connectivity index (χ1v) is 10.6. The molecule has 3 aromatic carbocycles. The van der Waals surface area contributed by atoms with Gasteiger partial charge >= 0.3 is 0 Å². The van der Waals surface area contributed by atoms with Crippen molar-refractivity contribution < 1.29 is 4.74 Å². The zero-order valence-corrected chi connectivity index (χ0v) is 17.7. The summed E-state index contributed by atoms with van der Waals surface area (Å²) in [5, 5.41) is 15.9. The lowest BCUT2D eigenvalue weighted by molar-refractivity contribution is 0.301. The number of fused-ring (bicyclic) bond motifs is 1. The lowest BCUT2D eigenvalue weighted by Gasteiger charge is -2.04. The largest absolute Gasteiger partial charge is 0.487 e. The predicted molar refractivity (Wildman–Crippen MR) is 125 cm³/mol. The first-order valence-electron chi connectivity index (χ1n) is 9.86. The summed E-state index contributed by atoms with van der Waals surface area (Å²) in [7, 11) is 0. The minimum Gasteiger partial charge on any atom is -0.487 e. The Balaban J connectivity index is 1.23. The Kier molecular flexibility index (Phi) is 5.30. The maximum absolute atomic E-state index is 7.58. The standard InChI is InChI=1S/C23H19N7OS/c24-22(25)16-8-11-20-21(12-16)27-23(26-20)15-6-9-18(10-7-15)31-14-17-13-30(29-28-17)32-19-4-2-1-3-5-19/h1-13H,14H2,(H3,24,25)(H,26,27). The Hall–Kier alpha value is -4.11. The van der Waals surface area contributed by atoms with Gasteiger partial charge in [0.1, 0.15) is 29.7 Å². The Morgan fingerprint density at radius 1 is 1.06 bits per heavy atom. The molecule has 0 saturated heterocycles. The summed E-state index contributed by atoms with van der Waals surface area (Å²) in [4.78, 5) is 8.98. The number of nitrogens with zero attached hydrogens (tertiary/aromatic N) is 4. The van der Waals surface area contributed by atoms with Crippen LogP contribution >= 0.6 is 11.9 Å². The Bertz CT molecular complexity index is 1380. The number of amidine groups is 1. The van der Waals surface area contributed by atoms with E-state index in [4.69, 9.17) is 15.9 Å². The summed E-state index contributed by atoms with van der Waals surface area (Å²) in [5.74, 6) is 1.50. The summed E-state index contributed by atoms with van der Waals surface area (Å²) in [5.41, 5.74) is 9.57. The number of benzene rings is 3. The Labute approximate surface area is 188 Å². The number of rotatable bonds is 7. The van der Waals surface area contributed by atoms with Gasteiger partial charge in [0.05, 0.1) is 17.2 Å². The van der Waals surface area contributed by atoms with Crippen LogP contribution in [0.15, 0.2) is 83.9 Å². The van der Waals surface area contributed by atoms with Gasteiger partial charge in [-0.25, -0.2) is 4.98 Å². The fourth-order valence-electron chi connectivity index (χ4n) is 3.16. The van der Waals surface area contributed by atoms with E-state index in [1.807, 2.05) is 72.9 Å². The van der Waals surface area contributed by atoms with Crippen molar-refractivity contribution in [2.75, 3.05) is 0 Å². The zero-order chi connectivity index (χ0) is 21.9. The van der Waals surface area contributed by atoms with Crippen molar-refractivity contribution >= 4 is 28.8 Å². The van der Waals surface area contributed by atoms with Crippen molar-refractivity contribution in [2.45, 2.75) is 11.5 Å². The monoisotopic (exact) mass is 441 g/mol. The zero-order valence-electron chi connectivity index (χ0n) is 16.9. The van der Waals surface area contributed by atoms with E-state index < -0.39 is 0 Å². The van der Waals surface area contributed by atoms with Crippen LogP contribution in [0.2, 0.25) is 0 Å². The molecular weight excluding hydrogens is 422 g/mol. The van der Waals surface area contributed by atoms with Crippen LogP contribution < -0.4 is 10.5 Å². The van der Waals surface area contributed by atoms with Gasteiger partial charge in [-0.2, -0.15) is 4.09 Å². The summed E-state index contributed by atoms with van der Waals surface area (Å²) in [6.07, 6.45) is 1.86. The van der Waals surface area contributed by atoms with Crippen LogP contribution in [-0.4, -0.2) is 30.2 Å². The quantitative estimate of drug-likeness (QED) is 0.257. The van der Waals surface area contributed by atoms with Crippen LogP contribution in [0.5, 0.6) is 5.75 Å². The van der Waals surface area contributed by atoms with E-state index in [1.165, 1.54) is 11.9 Å². The summed E-state index contributed by atoms with van der Waals surface area (Å²) in [6.45, 7) is 0.327. The van der Waals surface area contributed by atoms with Crippen LogP contribution in [0.1, 0.15) is 11.3 Å². The van der Waals surface area contributed by atoms with Crippen molar-refractivity contribution in [3.8, 4) is 17.1 Å². The second-order valence-electron chi connectivity index (χ2n) is 7.06. The highest BCUT2D eigenvalue weighted by molar-refractivity contribution is 7.97. The fraction of sp³-hybridized carbons (Fsp3) is 0.0435. The summed E-state index contributed by atoms with van der Waals surface area (Å²) in [6, 6.07) is 23.2. The van der Waals surface area contributed by atoms with Crippen molar-refractivity contribution in [1.29, 1.82) is 5.41 Å². The molecule has 158 valence electrons. The van der Waals surface area contributed by atoms with E-state index in [-0.39, 0.29) is 5.84 Å². The highest BCUT2D eigenvalue weighted by Crippen LogP contribution is 2.24. The number of hydrogen-bond acceptors (Lipinski definition) is 6. The molecule has 0 aliphatic rings. The molecule has 32 heavy (non-hydrogen) atoms. The molecule has 0 bridgehead atoms. The van der Waals surface area contributed by atoms with Crippen LogP contribution in [0.4, 0.5) is 0 Å². The summed E-state index contributed by atoms with van der Waals surface area (Å²) >= 11 is 1.49. The Morgan fingerprint density at radius 3 is 2.66 bits per heavy atom. The molecule has 0 atom stereocenters. The average molecular weight is 442 g/mol. The molecule has 0 saturated carbocycles. The van der Waals surface area contributed by atoms with Crippen LogP contribution in [-0.2, 0) is 6.61 Å². The third-order valence-corrected chi connectivity index (χ3v) is 5.62. The van der Waals surface area contributed by atoms with Gasteiger partial charge in [0.25, 0.3) is 0 Å².